The molecule has 0 unspecified atom stereocenters. The second-order valence-corrected chi connectivity index (χ2v) is 11.3. The van der Waals surface area contributed by atoms with Crippen molar-refractivity contribution in [2.45, 2.75) is 80.1 Å². The Morgan fingerprint density at radius 2 is 1.63 bits per heavy atom. The molecule has 206 valence electrons. The first-order chi connectivity index (χ1) is 17.9. The van der Waals surface area contributed by atoms with Gasteiger partial charge in [0.15, 0.2) is 0 Å². The van der Waals surface area contributed by atoms with E-state index in [9.17, 15) is 4.79 Å². The molecule has 4 aromatic rings. The smallest absolute Gasteiger partial charge is 0.308 e. The van der Waals surface area contributed by atoms with Crippen LogP contribution in [0.25, 0.3) is 21.6 Å². The van der Waals surface area contributed by atoms with Gasteiger partial charge in [-0.25, -0.2) is 20.1 Å². The van der Waals surface area contributed by atoms with Crippen LogP contribution in [-0.4, -0.2) is 48.9 Å². The van der Waals surface area contributed by atoms with Gasteiger partial charge >= 0.3 is 5.97 Å². The lowest BCUT2D eigenvalue weighted by molar-refractivity contribution is -0.158. The van der Waals surface area contributed by atoms with E-state index in [-0.39, 0.29) is 23.6 Å². The molecule has 0 saturated carbocycles. The molecule has 0 amide bonds. The second-order valence-electron chi connectivity index (χ2n) is 10.3. The Balaban J connectivity index is 0.000000226. The van der Waals surface area contributed by atoms with Gasteiger partial charge < -0.3 is 14.8 Å². The van der Waals surface area contributed by atoms with Crippen molar-refractivity contribution < 1.29 is 14.3 Å². The summed E-state index contributed by atoms with van der Waals surface area (Å²) in [5.41, 5.74) is 2.23. The molecule has 10 heteroatoms. The minimum Gasteiger partial charge on any atom is -0.473 e. The van der Waals surface area contributed by atoms with Gasteiger partial charge in [-0.1, -0.05) is 32.0 Å². The number of aromatic amines is 1. The molecule has 0 saturated heterocycles. The molecule has 0 radical (unpaired) electrons. The molecule has 4 rings (SSSR count). The highest BCUT2D eigenvalue weighted by molar-refractivity contribution is 7.13. The Labute approximate surface area is 229 Å². The number of rotatable bonds is 6. The lowest BCUT2D eigenvalue weighted by atomic mass is 10.1. The molecule has 1 aromatic carbocycles. The summed E-state index contributed by atoms with van der Waals surface area (Å²) in [6, 6.07) is 12.3. The van der Waals surface area contributed by atoms with E-state index in [0.29, 0.717) is 11.9 Å². The summed E-state index contributed by atoms with van der Waals surface area (Å²) in [6.07, 6.45) is 1.55. The number of benzene rings is 1. The van der Waals surface area contributed by atoms with E-state index >= 15 is 0 Å². The van der Waals surface area contributed by atoms with Crippen LogP contribution in [0.3, 0.4) is 0 Å². The molecular formula is C28H40N6O3S. The number of carbonyl (C=O) groups excluding carboxylic acids is 1. The fourth-order valence-corrected chi connectivity index (χ4v) is 3.54. The predicted molar refractivity (Wildman–Crippen MR) is 154 cm³/mol. The molecule has 0 aliphatic heterocycles. The Bertz CT molecular complexity index is 1230. The van der Waals surface area contributed by atoms with Gasteiger partial charge in [-0.15, -0.1) is 11.3 Å². The molecule has 0 fully saturated rings. The van der Waals surface area contributed by atoms with Crippen LogP contribution in [0.4, 0.5) is 5.95 Å². The van der Waals surface area contributed by atoms with E-state index in [1.54, 1.807) is 11.3 Å². The summed E-state index contributed by atoms with van der Waals surface area (Å²) in [5, 5.41) is 11.5. The predicted octanol–water partition coefficient (Wildman–Crippen LogP) is 6.75. The van der Waals surface area contributed by atoms with Gasteiger partial charge in [0.1, 0.15) is 17.6 Å². The average Bonchev–Trinajstić information content (AvgIpc) is 3.52. The lowest BCUT2D eigenvalue weighted by Gasteiger charge is -2.20. The van der Waals surface area contributed by atoms with Crippen molar-refractivity contribution in [3.05, 3.63) is 48.1 Å². The highest BCUT2D eigenvalue weighted by Gasteiger charge is 2.18. The summed E-state index contributed by atoms with van der Waals surface area (Å²) >= 11 is 1.64. The fourth-order valence-electron chi connectivity index (χ4n) is 2.83. The maximum atomic E-state index is 10.9. The van der Waals surface area contributed by atoms with Crippen molar-refractivity contribution in [1.29, 1.82) is 0 Å². The summed E-state index contributed by atoms with van der Waals surface area (Å²) in [6.45, 7) is 17.3. The number of anilines is 1. The third-order valence-electron chi connectivity index (χ3n) is 4.36. The molecule has 0 atom stereocenters. The number of para-hydroxylation sites is 2. The van der Waals surface area contributed by atoms with Gasteiger partial charge in [-0.2, -0.15) is 5.10 Å². The van der Waals surface area contributed by atoms with Crippen LogP contribution in [-0.2, 0) is 9.53 Å². The molecule has 2 N–H and O–H groups in total. The third kappa shape index (κ3) is 10.8. The van der Waals surface area contributed by atoms with Crippen LogP contribution < -0.4 is 10.1 Å². The normalized spacial score (nSPS) is 11.1. The molecule has 3 heterocycles. The highest BCUT2D eigenvalue weighted by atomic mass is 32.1. The molecule has 9 nitrogen and oxygen atoms in total. The molecule has 3 aromatic heterocycles. The van der Waals surface area contributed by atoms with Gasteiger partial charge in [0.2, 0.25) is 11.8 Å². The zero-order chi connectivity index (χ0) is 28.3. The molecular weight excluding hydrogens is 500 g/mol. The van der Waals surface area contributed by atoms with E-state index in [4.69, 9.17) is 14.5 Å². The SMILES string of the molecule is CC(C)C(=O)OC(C)(C)C.CC(C)Nc1ncn[nH]1.CC(C)Oc1nc2ccccc2nc1-c1cccs1. The maximum absolute atomic E-state index is 10.9. The van der Waals surface area contributed by atoms with Crippen LogP contribution >= 0.6 is 11.3 Å². The molecule has 38 heavy (non-hydrogen) atoms. The van der Waals surface area contributed by atoms with E-state index < -0.39 is 0 Å². The maximum Gasteiger partial charge on any atom is 0.308 e. The van der Waals surface area contributed by atoms with Crippen LogP contribution in [0.1, 0.15) is 62.3 Å². The van der Waals surface area contributed by atoms with Crippen molar-refractivity contribution >= 4 is 34.3 Å². The zero-order valence-corrected chi connectivity index (χ0v) is 24.6. The number of ether oxygens (including phenoxy) is 2. The minimum atomic E-state index is -0.346. The number of hydrogen-bond acceptors (Lipinski definition) is 9. The van der Waals surface area contributed by atoms with Gasteiger partial charge in [0.05, 0.1) is 27.9 Å². The number of hydrogen-bond donors (Lipinski definition) is 2. The van der Waals surface area contributed by atoms with Gasteiger partial charge in [-0.3, -0.25) is 4.79 Å². The third-order valence-corrected chi connectivity index (χ3v) is 5.24. The van der Waals surface area contributed by atoms with E-state index in [2.05, 4.69) is 25.5 Å². The topological polar surface area (TPSA) is 115 Å². The number of esters is 1. The number of H-pyrrole nitrogens is 1. The Hall–Kier alpha value is -3.53. The summed E-state index contributed by atoms with van der Waals surface area (Å²) in [5.74, 6) is 1.17. The quantitative estimate of drug-likeness (QED) is 0.258. The minimum absolute atomic E-state index is 0.0285. The number of nitrogens with zero attached hydrogens (tertiary/aromatic N) is 4. The van der Waals surface area contributed by atoms with Crippen molar-refractivity contribution in [3.8, 4) is 16.5 Å². The number of thiophene rings is 1. The Morgan fingerprint density at radius 1 is 0.974 bits per heavy atom. The summed E-state index contributed by atoms with van der Waals surface area (Å²) in [7, 11) is 0. The average molecular weight is 541 g/mol. The van der Waals surface area contributed by atoms with Gasteiger partial charge in [0.25, 0.3) is 0 Å². The first-order valence-electron chi connectivity index (χ1n) is 12.7. The zero-order valence-electron chi connectivity index (χ0n) is 23.8. The molecule has 0 aliphatic carbocycles. The van der Waals surface area contributed by atoms with Crippen LogP contribution in [0.2, 0.25) is 0 Å². The summed E-state index contributed by atoms with van der Waals surface area (Å²) < 4.78 is 10.9. The number of nitrogens with one attached hydrogen (secondary N) is 2. The van der Waals surface area contributed by atoms with E-state index in [0.717, 1.165) is 27.6 Å². The molecule has 0 bridgehead atoms. The first kappa shape index (κ1) is 30.7. The molecule has 0 spiro atoms. The lowest BCUT2D eigenvalue weighted by Crippen LogP contribution is -2.26. The van der Waals surface area contributed by atoms with E-state index in [1.807, 2.05) is 104 Å². The Morgan fingerprint density at radius 3 is 2.08 bits per heavy atom. The first-order valence-corrected chi connectivity index (χ1v) is 13.6. The van der Waals surface area contributed by atoms with Crippen LogP contribution in [0.5, 0.6) is 5.88 Å². The largest absolute Gasteiger partial charge is 0.473 e. The second kappa shape index (κ2) is 14.4. The fraction of sp³-hybridized carbons (Fsp3) is 0.464. The van der Waals surface area contributed by atoms with Crippen molar-refractivity contribution in [2.75, 3.05) is 5.32 Å². The van der Waals surface area contributed by atoms with Crippen LogP contribution in [0, 0.1) is 5.92 Å². The van der Waals surface area contributed by atoms with Crippen LogP contribution in [0.15, 0.2) is 48.1 Å². The number of carbonyl (C=O) groups is 1. The van der Waals surface area contributed by atoms with Crippen molar-refractivity contribution in [2.24, 2.45) is 5.92 Å². The number of aromatic nitrogens is 5. The van der Waals surface area contributed by atoms with E-state index in [1.165, 1.54) is 6.33 Å². The Kier molecular flexibility index (Phi) is 11.6. The molecule has 0 aliphatic rings. The monoisotopic (exact) mass is 540 g/mol. The number of fused-ring (bicyclic) bond motifs is 1. The standard InChI is InChI=1S/C15H14N2OS.C8H16O2.C5H10N4/c1-10(2)18-15-14(13-8-5-9-19-13)16-11-6-3-4-7-12(11)17-15;1-6(2)7(9)10-8(3,4)5;1-4(2)8-5-6-3-7-9-5/h3-10H,1-2H3;6H,1-5H3;3-4H,1-2H3,(H2,6,7,8,9). The van der Waals surface area contributed by atoms with Crippen molar-refractivity contribution in [1.82, 2.24) is 25.1 Å². The van der Waals surface area contributed by atoms with Gasteiger partial charge in [-0.05, 0) is 72.0 Å². The van der Waals surface area contributed by atoms with Crippen molar-refractivity contribution in [3.63, 3.8) is 0 Å². The summed E-state index contributed by atoms with van der Waals surface area (Å²) in [4.78, 5) is 25.2. The highest BCUT2D eigenvalue weighted by Crippen LogP contribution is 2.32. The van der Waals surface area contributed by atoms with Gasteiger partial charge in [0, 0.05) is 6.04 Å².